The van der Waals surface area contributed by atoms with Crippen LogP contribution in [0.5, 0.6) is 0 Å². The predicted octanol–water partition coefficient (Wildman–Crippen LogP) is -0.977. The molecule has 16 heteroatoms. The van der Waals surface area contributed by atoms with Gasteiger partial charge in [0.25, 0.3) is 5.91 Å². The molecule has 0 saturated carbocycles. The highest BCUT2D eigenvalue weighted by Crippen LogP contribution is 2.40. The summed E-state index contributed by atoms with van der Waals surface area (Å²) in [5, 5.41) is 22.6. The van der Waals surface area contributed by atoms with Crippen LogP contribution in [0, 0.1) is 0 Å². The Kier molecular flexibility index (Phi) is 8.56. The third-order valence-electron chi connectivity index (χ3n) is 5.23. The van der Waals surface area contributed by atoms with Crippen molar-refractivity contribution in [3.8, 4) is 0 Å². The van der Waals surface area contributed by atoms with Crippen LogP contribution in [0.4, 0.5) is 15.3 Å². The molecular formula is C21H23N5O10S. The zero-order valence-corrected chi connectivity index (χ0v) is 19.9. The average Bonchev–Trinajstić information content (AvgIpc) is 2.84. The summed E-state index contributed by atoms with van der Waals surface area (Å²) >= 11 is 1.21. The molecule has 0 radical (unpaired) electrons. The maximum Gasteiger partial charge on any atom is 0.411 e. The number of benzene rings is 1. The molecule has 0 unspecified atom stereocenters. The van der Waals surface area contributed by atoms with Crippen molar-refractivity contribution >= 4 is 53.4 Å². The van der Waals surface area contributed by atoms with Gasteiger partial charge in [0.15, 0.2) is 0 Å². The van der Waals surface area contributed by atoms with Crippen LogP contribution in [0.1, 0.15) is 5.56 Å². The Morgan fingerprint density at radius 3 is 2.41 bits per heavy atom. The number of carbonyl (C=O) groups is 6. The molecule has 0 spiro atoms. The maximum atomic E-state index is 12.6. The SMILES string of the molecule is NC(=O)OCC1=C(C(=O)O)N2C(=O)[C@@H](NC(=O)Cc3ccc(NC(=O)OC[C@@H](N)C(=O)O)cc3)[C@@H]2SC1. The van der Waals surface area contributed by atoms with Crippen LogP contribution in [0.2, 0.25) is 0 Å². The second-order valence-electron chi connectivity index (χ2n) is 7.86. The molecule has 1 aromatic rings. The minimum absolute atomic E-state index is 0.0985. The highest BCUT2D eigenvalue weighted by atomic mass is 32.2. The first kappa shape index (κ1) is 27.3. The summed E-state index contributed by atoms with van der Waals surface area (Å²) in [5.41, 5.74) is 11.0. The van der Waals surface area contributed by atoms with E-state index in [9.17, 15) is 33.9 Å². The number of nitrogens with two attached hydrogens (primary N) is 2. The van der Waals surface area contributed by atoms with E-state index in [-0.39, 0.29) is 30.1 Å². The van der Waals surface area contributed by atoms with Crippen LogP contribution in [0.25, 0.3) is 0 Å². The number of aliphatic carboxylic acids is 2. The van der Waals surface area contributed by atoms with Gasteiger partial charge in [0, 0.05) is 17.0 Å². The zero-order chi connectivity index (χ0) is 27.3. The Hall–Kier alpha value is -4.31. The summed E-state index contributed by atoms with van der Waals surface area (Å²) in [5.74, 6) is -3.61. The number of rotatable bonds is 10. The van der Waals surface area contributed by atoms with Crippen LogP contribution in [0.15, 0.2) is 35.5 Å². The molecule has 37 heavy (non-hydrogen) atoms. The van der Waals surface area contributed by atoms with E-state index in [0.29, 0.717) is 11.3 Å². The van der Waals surface area contributed by atoms with E-state index in [1.54, 1.807) is 12.1 Å². The number of ether oxygens (including phenoxy) is 2. The third kappa shape index (κ3) is 6.68. The maximum absolute atomic E-state index is 12.6. The first-order valence-electron chi connectivity index (χ1n) is 10.6. The molecule has 2 aliphatic rings. The van der Waals surface area contributed by atoms with Crippen molar-refractivity contribution < 1.29 is 48.5 Å². The van der Waals surface area contributed by atoms with E-state index in [1.165, 1.54) is 23.9 Å². The zero-order valence-electron chi connectivity index (χ0n) is 19.0. The molecule has 0 aliphatic carbocycles. The van der Waals surface area contributed by atoms with Gasteiger partial charge in [-0.05, 0) is 17.7 Å². The van der Waals surface area contributed by atoms with E-state index < -0.39 is 60.0 Å². The Morgan fingerprint density at radius 1 is 1.14 bits per heavy atom. The van der Waals surface area contributed by atoms with Crippen molar-refractivity contribution in [2.45, 2.75) is 23.9 Å². The van der Waals surface area contributed by atoms with Crippen LogP contribution < -0.4 is 22.1 Å². The minimum atomic E-state index is -1.37. The van der Waals surface area contributed by atoms with Gasteiger partial charge in [0.1, 0.15) is 36.4 Å². The quantitative estimate of drug-likeness (QED) is 0.197. The van der Waals surface area contributed by atoms with Crippen LogP contribution in [0.3, 0.4) is 0 Å². The van der Waals surface area contributed by atoms with Crippen molar-refractivity contribution in [1.29, 1.82) is 0 Å². The average molecular weight is 538 g/mol. The van der Waals surface area contributed by atoms with E-state index >= 15 is 0 Å². The van der Waals surface area contributed by atoms with Crippen molar-refractivity contribution in [3.05, 3.63) is 41.1 Å². The van der Waals surface area contributed by atoms with Gasteiger partial charge in [-0.15, -0.1) is 11.8 Å². The molecule has 198 valence electrons. The number of nitrogens with zero attached hydrogens (tertiary/aromatic N) is 1. The van der Waals surface area contributed by atoms with Crippen LogP contribution in [-0.4, -0.2) is 87.5 Å². The first-order chi connectivity index (χ1) is 17.5. The lowest BCUT2D eigenvalue weighted by Crippen LogP contribution is -2.70. The number of β-lactam (4-membered cyclic amide) rings is 1. The fraction of sp³-hybridized carbons (Fsp3) is 0.333. The number of hydrogen-bond donors (Lipinski definition) is 6. The monoisotopic (exact) mass is 537 g/mol. The number of anilines is 1. The van der Waals surface area contributed by atoms with Gasteiger partial charge < -0.3 is 36.5 Å². The summed E-state index contributed by atoms with van der Waals surface area (Å²) in [6.45, 7) is -0.877. The molecular weight excluding hydrogens is 514 g/mol. The van der Waals surface area contributed by atoms with E-state index in [2.05, 4.69) is 15.4 Å². The number of nitrogens with one attached hydrogen (secondary N) is 2. The molecule has 1 fully saturated rings. The Labute approximate surface area is 213 Å². The first-order valence-corrected chi connectivity index (χ1v) is 11.7. The second-order valence-corrected chi connectivity index (χ2v) is 8.97. The van der Waals surface area contributed by atoms with Crippen molar-refractivity contribution in [2.75, 3.05) is 24.3 Å². The highest BCUT2D eigenvalue weighted by molar-refractivity contribution is 8.00. The lowest BCUT2D eigenvalue weighted by molar-refractivity contribution is -0.150. The normalized spacial score (nSPS) is 19.2. The lowest BCUT2D eigenvalue weighted by Gasteiger charge is -2.49. The van der Waals surface area contributed by atoms with Gasteiger partial charge in [0.05, 0.1) is 6.42 Å². The molecule has 0 aromatic heterocycles. The number of primary amides is 1. The summed E-state index contributed by atoms with van der Waals surface area (Å²) in [6, 6.07) is 3.82. The molecule has 3 atom stereocenters. The fourth-order valence-electron chi connectivity index (χ4n) is 3.46. The summed E-state index contributed by atoms with van der Waals surface area (Å²) in [4.78, 5) is 71.1. The standard InChI is InChI=1S/C21H23N5O10S/c22-12(18(29)30)7-36-21(34)24-11-3-1-9(2-4-11)5-13(27)25-14-16(28)26-15(19(31)32)10(6-35-20(23)33)8-37-17(14)26/h1-4,12,14,17H,5-8,22H2,(H2,23,33)(H,24,34)(H,25,27)(H,29,30)(H,31,32)/t12-,14-,17+/m1/s1. The highest BCUT2D eigenvalue weighted by Gasteiger charge is 2.54. The molecule has 2 aliphatic heterocycles. The molecule has 1 saturated heterocycles. The summed E-state index contributed by atoms with van der Waals surface area (Å²) in [6.07, 6.45) is -2.08. The number of fused-ring (bicyclic) bond motifs is 1. The van der Waals surface area contributed by atoms with Crippen LogP contribution in [-0.2, 0) is 35.1 Å². The number of carboxylic acids is 2. The number of hydrogen-bond acceptors (Lipinski definition) is 10. The molecule has 15 nitrogen and oxygen atoms in total. The van der Waals surface area contributed by atoms with Crippen LogP contribution >= 0.6 is 11.8 Å². The number of amides is 4. The number of thioether (sulfide) groups is 1. The third-order valence-corrected chi connectivity index (χ3v) is 6.57. The molecule has 0 bridgehead atoms. The fourth-order valence-corrected chi connectivity index (χ4v) is 4.79. The molecule has 4 amide bonds. The predicted molar refractivity (Wildman–Crippen MR) is 126 cm³/mol. The van der Waals surface area contributed by atoms with E-state index in [1.807, 2.05) is 0 Å². The van der Waals surface area contributed by atoms with Crippen molar-refractivity contribution in [2.24, 2.45) is 11.5 Å². The van der Waals surface area contributed by atoms with E-state index in [0.717, 1.165) is 4.90 Å². The van der Waals surface area contributed by atoms with E-state index in [4.69, 9.17) is 21.3 Å². The summed E-state index contributed by atoms with van der Waals surface area (Å²) in [7, 11) is 0. The molecule has 2 heterocycles. The van der Waals surface area contributed by atoms with Gasteiger partial charge in [-0.2, -0.15) is 0 Å². The molecule has 1 aromatic carbocycles. The molecule has 8 N–H and O–H groups in total. The smallest absolute Gasteiger partial charge is 0.411 e. The van der Waals surface area contributed by atoms with Gasteiger partial charge in [-0.1, -0.05) is 12.1 Å². The summed E-state index contributed by atoms with van der Waals surface area (Å²) < 4.78 is 9.37. The lowest BCUT2D eigenvalue weighted by atomic mass is 10.0. The Balaban J connectivity index is 1.53. The number of carboxylic acid groups (broad SMARTS) is 2. The van der Waals surface area contributed by atoms with Gasteiger partial charge in [0.2, 0.25) is 5.91 Å². The van der Waals surface area contributed by atoms with Crippen molar-refractivity contribution in [3.63, 3.8) is 0 Å². The number of carbonyl (C=O) groups excluding carboxylic acids is 4. The largest absolute Gasteiger partial charge is 0.480 e. The topological polar surface area (TPSA) is 241 Å². The van der Waals surface area contributed by atoms with Gasteiger partial charge >= 0.3 is 24.1 Å². The minimum Gasteiger partial charge on any atom is -0.480 e. The van der Waals surface area contributed by atoms with Crippen molar-refractivity contribution in [1.82, 2.24) is 10.2 Å². The van der Waals surface area contributed by atoms with Gasteiger partial charge in [-0.3, -0.25) is 24.6 Å². The molecule has 3 rings (SSSR count). The Morgan fingerprint density at radius 2 is 1.81 bits per heavy atom. The second kappa shape index (κ2) is 11.6. The Bertz CT molecular complexity index is 1150. The van der Waals surface area contributed by atoms with Gasteiger partial charge in [-0.25, -0.2) is 14.4 Å².